The Bertz CT molecular complexity index is 331. The molecule has 17 heavy (non-hydrogen) atoms. The van der Waals surface area contributed by atoms with Crippen molar-refractivity contribution in [1.29, 1.82) is 0 Å². The van der Waals surface area contributed by atoms with Crippen LogP contribution in [0, 0.1) is 0 Å². The Balaban J connectivity index is 2.48. The highest BCUT2D eigenvalue weighted by atomic mass is 16.3. The molecule has 0 aliphatic rings. The fourth-order valence-electron chi connectivity index (χ4n) is 1.74. The Hall–Kier alpha value is -0.940. The average molecular weight is 240 g/mol. The van der Waals surface area contributed by atoms with E-state index in [0.29, 0.717) is 19.1 Å². The van der Waals surface area contributed by atoms with Crippen LogP contribution >= 0.6 is 0 Å². The molecule has 0 amide bonds. The fraction of sp³-hybridized carbons (Fsp3) is 0.833. The molecule has 0 saturated heterocycles. The van der Waals surface area contributed by atoms with Gasteiger partial charge in [-0.15, -0.1) is 0 Å². The first-order valence-electron chi connectivity index (χ1n) is 6.34. The smallest absolute Gasteiger partial charge is 0.141 e. The molecule has 0 saturated carbocycles. The number of hydrogen-bond acceptors (Lipinski definition) is 4. The summed E-state index contributed by atoms with van der Waals surface area (Å²) in [4.78, 5) is 4.22. The molecule has 5 nitrogen and oxygen atoms in total. The summed E-state index contributed by atoms with van der Waals surface area (Å²) in [7, 11) is 0. The normalized spacial score (nSPS) is 12.4. The van der Waals surface area contributed by atoms with Crippen LogP contribution in [0.2, 0.25) is 0 Å². The van der Waals surface area contributed by atoms with Gasteiger partial charge < -0.3 is 10.4 Å². The summed E-state index contributed by atoms with van der Waals surface area (Å²) in [5.41, 5.74) is -0.608. The first-order chi connectivity index (χ1) is 8.02. The van der Waals surface area contributed by atoms with Gasteiger partial charge in [0.05, 0.1) is 12.1 Å². The maximum Gasteiger partial charge on any atom is 0.141 e. The highest BCUT2D eigenvalue weighted by Gasteiger charge is 2.21. The van der Waals surface area contributed by atoms with Crippen molar-refractivity contribution in [3.63, 3.8) is 0 Å². The zero-order valence-corrected chi connectivity index (χ0v) is 11.3. The Morgan fingerprint density at radius 1 is 1.41 bits per heavy atom. The molecule has 5 heteroatoms. The van der Waals surface area contributed by atoms with E-state index in [1.54, 1.807) is 6.33 Å². The van der Waals surface area contributed by atoms with E-state index in [-0.39, 0.29) is 0 Å². The second-order valence-corrected chi connectivity index (χ2v) is 4.75. The molecular weight excluding hydrogens is 216 g/mol. The molecule has 0 fully saturated rings. The second-order valence-electron chi connectivity index (χ2n) is 4.75. The second kappa shape index (κ2) is 6.12. The van der Waals surface area contributed by atoms with Gasteiger partial charge in [-0.1, -0.05) is 13.8 Å². The molecule has 98 valence electrons. The molecule has 1 heterocycles. The lowest BCUT2D eigenvalue weighted by atomic mass is 9.98. The molecule has 1 aromatic rings. The molecule has 0 aliphatic carbocycles. The van der Waals surface area contributed by atoms with Crippen molar-refractivity contribution in [3.05, 3.63) is 12.2 Å². The van der Waals surface area contributed by atoms with E-state index in [9.17, 15) is 5.11 Å². The summed E-state index contributed by atoms with van der Waals surface area (Å²) < 4.78 is 1.89. The molecule has 0 aromatic carbocycles. The van der Waals surface area contributed by atoms with E-state index in [1.807, 2.05) is 18.5 Å². The van der Waals surface area contributed by atoms with Gasteiger partial charge in [-0.05, 0) is 26.7 Å². The summed E-state index contributed by atoms with van der Waals surface area (Å²) in [5.74, 6) is 0.912. The van der Waals surface area contributed by atoms with Crippen LogP contribution in [0.15, 0.2) is 6.33 Å². The van der Waals surface area contributed by atoms with Crippen molar-refractivity contribution in [3.8, 4) is 0 Å². The van der Waals surface area contributed by atoms with Gasteiger partial charge >= 0.3 is 0 Å². The van der Waals surface area contributed by atoms with Crippen LogP contribution in [0.4, 0.5) is 0 Å². The Morgan fingerprint density at radius 3 is 2.59 bits per heavy atom. The van der Waals surface area contributed by atoms with Gasteiger partial charge in [0.1, 0.15) is 12.2 Å². The van der Waals surface area contributed by atoms with Gasteiger partial charge in [-0.2, -0.15) is 5.10 Å². The summed E-state index contributed by atoms with van der Waals surface area (Å²) >= 11 is 0. The third-order valence-electron chi connectivity index (χ3n) is 3.19. The number of aromatic nitrogens is 3. The summed E-state index contributed by atoms with van der Waals surface area (Å²) in [6.07, 6.45) is 3.09. The van der Waals surface area contributed by atoms with Crippen LogP contribution in [-0.2, 0) is 6.54 Å². The van der Waals surface area contributed by atoms with Crippen molar-refractivity contribution in [2.75, 3.05) is 6.54 Å². The first-order valence-corrected chi connectivity index (χ1v) is 6.34. The van der Waals surface area contributed by atoms with Gasteiger partial charge in [0.2, 0.25) is 0 Å². The SMILES string of the molecule is CCC(O)(CC)CNCc1ncnn1C(C)C. The van der Waals surface area contributed by atoms with Gasteiger partial charge in [0, 0.05) is 12.6 Å². The lowest BCUT2D eigenvalue weighted by Crippen LogP contribution is -2.39. The quantitative estimate of drug-likeness (QED) is 0.758. The zero-order chi connectivity index (χ0) is 12.9. The predicted molar refractivity (Wildman–Crippen MR) is 67.6 cm³/mol. The van der Waals surface area contributed by atoms with E-state index in [4.69, 9.17) is 0 Å². The maximum absolute atomic E-state index is 10.1. The number of hydrogen-bond donors (Lipinski definition) is 2. The Morgan fingerprint density at radius 2 is 2.06 bits per heavy atom. The Labute approximate surface area is 103 Å². The fourth-order valence-corrected chi connectivity index (χ4v) is 1.74. The van der Waals surface area contributed by atoms with Crippen LogP contribution in [0.25, 0.3) is 0 Å². The predicted octanol–water partition coefficient (Wildman–Crippen LogP) is 1.50. The number of rotatable bonds is 7. The highest BCUT2D eigenvalue weighted by molar-refractivity contribution is 4.87. The van der Waals surface area contributed by atoms with Crippen LogP contribution in [0.5, 0.6) is 0 Å². The van der Waals surface area contributed by atoms with Crippen molar-refractivity contribution >= 4 is 0 Å². The maximum atomic E-state index is 10.1. The van der Waals surface area contributed by atoms with Crippen molar-refractivity contribution in [1.82, 2.24) is 20.1 Å². The Kier molecular flexibility index (Phi) is 5.08. The van der Waals surface area contributed by atoms with Gasteiger partial charge in [0.25, 0.3) is 0 Å². The van der Waals surface area contributed by atoms with E-state index in [1.165, 1.54) is 0 Å². The van der Waals surface area contributed by atoms with E-state index < -0.39 is 5.60 Å². The van der Waals surface area contributed by atoms with E-state index >= 15 is 0 Å². The zero-order valence-electron chi connectivity index (χ0n) is 11.3. The molecule has 0 radical (unpaired) electrons. The van der Waals surface area contributed by atoms with Crippen LogP contribution in [0.1, 0.15) is 52.4 Å². The average Bonchev–Trinajstić information content (AvgIpc) is 2.77. The van der Waals surface area contributed by atoms with Gasteiger partial charge in [0.15, 0.2) is 0 Å². The number of aliphatic hydroxyl groups is 1. The number of nitrogens with one attached hydrogen (secondary N) is 1. The minimum Gasteiger partial charge on any atom is -0.389 e. The standard InChI is InChI=1S/C12H24N4O/c1-5-12(17,6-2)8-13-7-11-14-9-15-16(11)10(3)4/h9-10,13,17H,5-8H2,1-4H3. The van der Waals surface area contributed by atoms with Gasteiger partial charge in [-0.3, -0.25) is 0 Å². The summed E-state index contributed by atoms with van der Waals surface area (Å²) in [5, 5.41) is 17.6. The van der Waals surface area contributed by atoms with Gasteiger partial charge in [-0.25, -0.2) is 9.67 Å². The van der Waals surface area contributed by atoms with Crippen molar-refractivity contribution in [2.24, 2.45) is 0 Å². The third-order valence-corrected chi connectivity index (χ3v) is 3.19. The molecule has 0 aliphatic heterocycles. The van der Waals surface area contributed by atoms with E-state index in [0.717, 1.165) is 18.7 Å². The molecule has 0 spiro atoms. The van der Waals surface area contributed by atoms with Crippen molar-refractivity contribution < 1.29 is 5.11 Å². The summed E-state index contributed by atoms with van der Waals surface area (Å²) in [6.45, 7) is 9.38. The third kappa shape index (κ3) is 3.78. The minimum absolute atomic E-state index is 0.311. The first kappa shape index (κ1) is 14.1. The van der Waals surface area contributed by atoms with Crippen LogP contribution in [-0.4, -0.2) is 32.0 Å². The monoisotopic (exact) mass is 240 g/mol. The molecule has 1 rings (SSSR count). The molecule has 0 bridgehead atoms. The number of nitrogens with zero attached hydrogens (tertiary/aromatic N) is 3. The lowest BCUT2D eigenvalue weighted by Gasteiger charge is -2.25. The summed E-state index contributed by atoms with van der Waals surface area (Å²) in [6, 6.07) is 0.311. The van der Waals surface area contributed by atoms with Crippen LogP contribution < -0.4 is 5.32 Å². The molecule has 1 aromatic heterocycles. The largest absolute Gasteiger partial charge is 0.389 e. The molecular formula is C12H24N4O. The molecule has 0 atom stereocenters. The minimum atomic E-state index is -0.608. The van der Waals surface area contributed by atoms with Crippen molar-refractivity contribution in [2.45, 2.75) is 58.7 Å². The molecule has 0 unspecified atom stereocenters. The topological polar surface area (TPSA) is 63.0 Å². The highest BCUT2D eigenvalue weighted by Crippen LogP contribution is 2.13. The van der Waals surface area contributed by atoms with E-state index in [2.05, 4.69) is 29.2 Å². The van der Waals surface area contributed by atoms with Crippen LogP contribution in [0.3, 0.4) is 0 Å². The lowest BCUT2D eigenvalue weighted by molar-refractivity contribution is 0.0320. The molecule has 2 N–H and O–H groups in total.